The van der Waals surface area contributed by atoms with Gasteiger partial charge < -0.3 is 9.80 Å². The molecule has 0 bridgehead atoms. The quantitative estimate of drug-likeness (QED) is 0.528. The first kappa shape index (κ1) is 15.8. The van der Waals surface area contributed by atoms with Crippen LogP contribution >= 0.6 is 22.9 Å². The number of para-hydroxylation sites is 1. The van der Waals surface area contributed by atoms with Gasteiger partial charge in [-0.25, -0.2) is 9.97 Å². The number of hydrogen-bond donors (Lipinski definition) is 0. The topological polar surface area (TPSA) is 62.5 Å². The van der Waals surface area contributed by atoms with Crippen LogP contribution in [0.15, 0.2) is 30.6 Å². The fourth-order valence-corrected chi connectivity index (χ4v) is 4.62. The largest absolute Gasteiger partial charge is 0.350 e. The van der Waals surface area contributed by atoms with Crippen LogP contribution < -0.4 is 9.80 Å². The molecule has 0 amide bonds. The van der Waals surface area contributed by atoms with Crippen molar-refractivity contribution in [3.05, 3.63) is 41.4 Å². The van der Waals surface area contributed by atoms with Crippen LogP contribution in [0.2, 0.25) is 5.02 Å². The average molecular weight is 386 g/mol. The molecule has 3 aromatic heterocycles. The summed E-state index contributed by atoms with van der Waals surface area (Å²) in [6, 6.07) is 5.92. The zero-order valence-corrected chi connectivity index (χ0v) is 15.7. The molecule has 4 heterocycles. The van der Waals surface area contributed by atoms with Gasteiger partial charge in [-0.3, -0.25) is 4.40 Å². The predicted molar refractivity (Wildman–Crippen MR) is 105 cm³/mol. The standard InChI is InChI=1S/C17H16ClN7S/c1-11-21-22-16-15(19-5-6-25(11)16)23-7-9-24(10-8-23)17-20-14-12(18)3-2-4-13(14)26-17/h2-6H,7-10H2,1H3. The minimum atomic E-state index is 0.710. The molecule has 1 fully saturated rings. The van der Waals surface area contributed by atoms with Crippen LogP contribution in [0, 0.1) is 6.92 Å². The first-order valence-electron chi connectivity index (χ1n) is 8.42. The van der Waals surface area contributed by atoms with Crippen molar-refractivity contribution in [2.24, 2.45) is 0 Å². The van der Waals surface area contributed by atoms with Crippen molar-refractivity contribution in [3.8, 4) is 0 Å². The summed E-state index contributed by atoms with van der Waals surface area (Å²) in [5, 5.41) is 10.2. The molecule has 132 valence electrons. The minimum Gasteiger partial charge on any atom is -0.350 e. The third kappa shape index (κ3) is 2.48. The lowest BCUT2D eigenvalue weighted by Crippen LogP contribution is -2.47. The number of halogens is 1. The molecule has 0 atom stereocenters. The lowest BCUT2D eigenvalue weighted by molar-refractivity contribution is 0.646. The Morgan fingerprint density at radius 3 is 2.69 bits per heavy atom. The number of aromatic nitrogens is 5. The molecule has 9 heteroatoms. The lowest BCUT2D eigenvalue weighted by atomic mass is 10.3. The number of fused-ring (bicyclic) bond motifs is 2. The van der Waals surface area contributed by atoms with E-state index in [1.54, 1.807) is 17.5 Å². The Labute approximate surface area is 158 Å². The number of aryl methyl sites for hydroxylation is 1. The maximum Gasteiger partial charge on any atom is 0.203 e. The fraction of sp³-hybridized carbons (Fsp3) is 0.294. The van der Waals surface area contributed by atoms with E-state index in [0.717, 1.165) is 58.8 Å². The van der Waals surface area contributed by atoms with Gasteiger partial charge in [-0.05, 0) is 19.1 Å². The second-order valence-electron chi connectivity index (χ2n) is 6.25. The van der Waals surface area contributed by atoms with Crippen LogP contribution in [0.5, 0.6) is 0 Å². The van der Waals surface area contributed by atoms with Crippen molar-refractivity contribution in [2.45, 2.75) is 6.92 Å². The van der Waals surface area contributed by atoms with Crippen molar-refractivity contribution in [1.82, 2.24) is 24.6 Å². The molecule has 0 unspecified atom stereocenters. The molecule has 0 aliphatic carbocycles. The van der Waals surface area contributed by atoms with Crippen LogP contribution in [-0.2, 0) is 0 Å². The smallest absolute Gasteiger partial charge is 0.203 e. The molecule has 1 aliphatic heterocycles. The molecule has 1 aliphatic rings. The van der Waals surface area contributed by atoms with Gasteiger partial charge in [0.05, 0.1) is 9.72 Å². The number of rotatable bonds is 2. The van der Waals surface area contributed by atoms with Crippen LogP contribution in [0.4, 0.5) is 10.9 Å². The summed E-state index contributed by atoms with van der Waals surface area (Å²) in [4.78, 5) is 13.9. The second kappa shape index (κ2) is 6.07. The first-order valence-corrected chi connectivity index (χ1v) is 9.61. The zero-order chi connectivity index (χ0) is 17.7. The maximum atomic E-state index is 6.26. The van der Waals surface area contributed by atoms with Crippen LogP contribution in [0.1, 0.15) is 5.82 Å². The monoisotopic (exact) mass is 385 g/mol. The summed E-state index contributed by atoms with van der Waals surface area (Å²) in [7, 11) is 0. The van der Waals surface area contributed by atoms with Gasteiger partial charge in [0.25, 0.3) is 0 Å². The van der Waals surface area contributed by atoms with E-state index in [1.165, 1.54) is 0 Å². The molecule has 0 N–H and O–H groups in total. The van der Waals surface area contributed by atoms with E-state index in [4.69, 9.17) is 16.6 Å². The average Bonchev–Trinajstić information content (AvgIpc) is 3.27. The molecular formula is C17H16ClN7S. The first-order chi connectivity index (χ1) is 12.7. The summed E-state index contributed by atoms with van der Waals surface area (Å²) >= 11 is 7.95. The Morgan fingerprint density at radius 2 is 1.88 bits per heavy atom. The minimum absolute atomic E-state index is 0.710. The third-order valence-corrected chi connectivity index (χ3v) is 6.07. The molecule has 1 saturated heterocycles. The SMILES string of the molecule is Cc1nnc2c(N3CCN(c4nc5c(Cl)cccc5s4)CC3)nccn12. The molecule has 1 aromatic carbocycles. The van der Waals surface area contributed by atoms with E-state index < -0.39 is 0 Å². The molecule has 0 spiro atoms. The van der Waals surface area contributed by atoms with Gasteiger partial charge in [-0.1, -0.05) is 29.0 Å². The molecule has 0 radical (unpaired) electrons. The van der Waals surface area contributed by atoms with Gasteiger partial charge in [-0.2, -0.15) is 0 Å². The number of anilines is 2. The van der Waals surface area contributed by atoms with E-state index in [9.17, 15) is 0 Å². The Balaban J connectivity index is 1.39. The summed E-state index contributed by atoms with van der Waals surface area (Å²) in [5.74, 6) is 1.76. The summed E-state index contributed by atoms with van der Waals surface area (Å²) in [5.41, 5.74) is 1.70. The lowest BCUT2D eigenvalue weighted by Gasteiger charge is -2.35. The normalized spacial score (nSPS) is 15.3. The summed E-state index contributed by atoms with van der Waals surface area (Å²) in [6.07, 6.45) is 3.70. The van der Waals surface area contributed by atoms with Crippen molar-refractivity contribution >= 4 is 49.8 Å². The third-order valence-electron chi connectivity index (χ3n) is 4.69. The van der Waals surface area contributed by atoms with E-state index in [-0.39, 0.29) is 0 Å². The van der Waals surface area contributed by atoms with Crippen molar-refractivity contribution in [3.63, 3.8) is 0 Å². The van der Waals surface area contributed by atoms with Crippen LogP contribution in [0.25, 0.3) is 15.9 Å². The van der Waals surface area contributed by atoms with Crippen LogP contribution in [0.3, 0.4) is 0 Å². The molecule has 7 nitrogen and oxygen atoms in total. The molecule has 5 rings (SSSR count). The van der Waals surface area contributed by atoms with Crippen molar-refractivity contribution in [1.29, 1.82) is 0 Å². The van der Waals surface area contributed by atoms with Gasteiger partial charge >= 0.3 is 0 Å². The summed E-state index contributed by atoms with van der Waals surface area (Å²) in [6.45, 7) is 5.44. The molecular weight excluding hydrogens is 370 g/mol. The van der Waals surface area contributed by atoms with Gasteiger partial charge in [0.15, 0.2) is 10.9 Å². The number of piperazine rings is 1. The maximum absolute atomic E-state index is 6.26. The summed E-state index contributed by atoms with van der Waals surface area (Å²) < 4.78 is 3.10. The van der Waals surface area contributed by atoms with Gasteiger partial charge in [0, 0.05) is 38.6 Å². The van der Waals surface area contributed by atoms with Gasteiger partial charge in [-0.15, -0.1) is 10.2 Å². The molecule has 4 aromatic rings. The Morgan fingerprint density at radius 1 is 1.08 bits per heavy atom. The highest BCUT2D eigenvalue weighted by atomic mass is 35.5. The Kier molecular flexibility index (Phi) is 3.68. The van der Waals surface area contributed by atoms with Gasteiger partial charge in [0.1, 0.15) is 11.3 Å². The van der Waals surface area contributed by atoms with E-state index in [1.807, 2.05) is 29.7 Å². The highest BCUT2D eigenvalue weighted by molar-refractivity contribution is 7.22. The zero-order valence-electron chi connectivity index (χ0n) is 14.1. The van der Waals surface area contributed by atoms with E-state index >= 15 is 0 Å². The van der Waals surface area contributed by atoms with Gasteiger partial charge in [0.2, 0.25) is 5.65 Å². The fourth-order valence-electron chi connectivity index (χ4n) is 3.30. The number of hydrogen-bond acceptors (Lipinski definition) is 7. The number of benzene rings is 1. The highest BCUT2D eigenvalue weighted by Crippen LogP contribution is 2.33. The predicted octanol–water partition coefficient (Wildman–Crippen LogP) is 3.02. The van der Waals surface area contributed by atoms with E-state index in [2.05, 4.69) is 31.0 Å². The number of thiazole rings is 1. The molecule has 26 heavy (non-hydrogen) atoms. The Hall–Kier alpha value is -2.45. The van der Waals surface area contributed by atoms with Crippen molar-refractivity contribution in [2.75, 3.05) is 36.0 Å². The number of nitrogens with zero attached hydrogens (tertiary/aromatic N) is 7. The Bertz CT molecular complexity index is 1100. The second-order valence-corrected chi connectivity index (χ2v) is 7.67. The highest BCUT2D eigenvalue weighted by Gasteiger charge is 2.23. The van der Waals surface area contributed by atoms with E-state index in [0.29, 0.717) is 5.02 Å². The molecule has 0 saturated carbocycles. The van der Waals surface area contributed by atoms with Crippen LogP contribution in [-0.4, -0.2) is 50.7 Å². The van der Waals surface area contributed by atoms with Crippen molar-refractivity contribution < 1.29 is 0 Å².